The Labute approximate surface area is 176 Å². The van der Waals surface area contributed by atoms with Crippen LogP contribution in [-0.4, -0.2) is 31.5 Å². The van der Waals surface area contributed by atoms with Gasteiger partial charge in [0.15, 0.2) is 11.2 Å². The van der Waals surface area contributed by atoms with E-state index in [0.717, 1.165) is 22.6 Å². The number of benzene rings is 2. The summed E-state index contributed by atoms with van der Waals surface area (Å²) < 4.78 is 8.28. The average molecular weight is 408 g/mol. The topological polar surface area (TPSA) is 98.1 Å². The highest BCUT2D eigenvalue weighted by Crippen LogP contribution is 2.29. The predicted molar refractivity (Wildman–Crippen MR) is 115 cm³/mol. The molecule has 5 rings (SSSR count). The van der Waals surface area contributed by atoms with Crippen LogP contribution in [0, 0.1) is 18.3 Å². The van der Waals surface area contributed by atoms with Crippen LogP contribution < -0.4 is 10.3 Å². The van der Waals surface area contributed by atoms with Crippen molar-refractivity contribution in [1.82, 2.24) is 24.4 Å². The van der Waals surface area contributed by atoms with E-state index < -0.39 is 0 Å². The highest BCUT2D eigenvalue weighted by atomic mass is 16.5. The Morgan fingerprint density at radius 1 is 1.03 bits per heavy atom. The molecule has 150 valence electrons. The first-order valence-electron chi connectivity index (χ1n) is 9.53. The van der Waals surface area contributed by atoms with Crippen molar-refractivity contribution >= 4 is 16.7 Å². The molecule has 0 fully saturated rings. The summed E-state index contributed by atoms with van der Waals surface area (Å²) in [5.74, 6) is 0.757. The third kappa shape index (κ3) is 2.83. The van der Waals surface area contributed by atoms with Crippen molar-refractivity contribution in [2.24, 2.45) is 0 Å². The first-order chi connectivity index (χ1) is 15.1. The second-order valence-corrected chi connectivity index (χ2v) is 6.98. The predicted octanol–water partition coefficient (Wildman–Crippen LogP) is 3.28. The molecular formula is C23H16N6O2. The van der Waals surface area contributed by atoms with Gasteiger partial charge in [0.05, 0.1) is 29.6 Å². The molecule has 8 heteroatoms. The molecular weight excluding hydrogens is 392 g/mol. The van der Waals surface area contributed by atoms with Gasteiger partial charge in [0.2, 0.25) is 0 Å². The van der Waals surface area contributed by atoms with E-state index in [9.17, 15) is 10.1 Å². The van der Waals surface area contributed by atoms with Crippen LogP contribution in [0.5, 0.6) is 5.75 Å². The van der Waals surface area contributed by atoms with E-state index >= 15 is 0 Å². The molecule has 0 amide bonds. The minimum absolute atomic E-state index is 0.173. The lowest BCUT2D eigenvalue weighted by Gasteiger charge is -2.09. The summed E-state index contributed by atoms with van der Waals surface area (Å²) in [5, 5.41) is 22.6. The minimum Gasteiger partial charge on any atom is -0.497 e. The number of rotatable bonds is 3. The molecule has 5 aromatic rings. The lowest BCUT2D eigenvalue weighted by Crippen LogP contribution is -2.21. The maximum atomic E-state index is 13.2. The fourth-order valence-electron chi connectivity index (χ4n) is 3.72. The third-order valence-electron chi connectivity index (χ3n) is 5.22. The third-order valence-corrected chi connectivity index (χ3v) is 5.22. The second-order valence-electron chi connectivity index (χ2n) is 6.98. The van der Waals surface area contributed by atoms with E-state index in [-0.39, 0.29) is 11.1 Å². The van der Waals surface area contributed by atoms with Crippen molar-refractivity contribution < 1.29 is 4.74 Å². The van der Waals surface area contributed by atoms with E-state index in [4.69, 9.17) is 4.74 Å². The molecule has 3 aromatic heterocycles. The van der Waals surface area contributed by atoms with Crippen molar-refractivity contribution in [2.45, 2.75) is 6.92 Å². The van der Waals surface area contributed by atoms with E-state index in [1.54, 1.807) is 48.2 Å². The summed E-state index contributed by atoms with van der Waals surface area (Å²) in [6, 6.07) is 18.4. The lowest BCUT2D eigenvalue weighted by molar-refractivity contribution is 0.415. The zero-order valence-electron chi connectivity index (χ0n) is 16.8. The maximum absolute atomic E-state index is 13.2. The Balaban J connectivity index is 1.74. The van der Waals surface area contributed by atoms with Gasteiger partial charge in [0, 0.05) is 6.20 Å². The monoisotopic (exact) mass is 408 g/mol. The number of aromatic nitrogens is 5. The van der Waals surface area contributed by atoms with E-state index in [1.807, 2.05) is 31.2 Å². The average Bonchev–Trinajstić information content (AvgIpc) is 3.15. The van der Waals surface area contributed by atoms with Gasteiger partial charge >= 0.3 is 0 Å². The number of para-hydroxylation sites is 1. The number of nitriles is 1. The Morgan fingerprint density at radius 2 is 1.81 bits per heavy atom. The SMILES string of the molecule is COc1ccc(-c2c(C)nn3c2nnc2c(=O)n(-c4ccccc4C#N)ccc23)cc1. The number of hydrogen-bond acceptors (Lipinski definition) is 6. The van der Waals surface area contributed by atoms with Crippen LogP contribution in [-0.2, 0) is 0 Å². The summed E-state index contributed by atoms with van der Waals surface area (Å²) in [4.78, 5) is 13.2. The van der Waals surface area contributed by atoms with Crippen LogP contribution in [0.3, 0.4) is 0 Å². The second kappa shape index (κ2) is 7.07. The maximum Gasteiger partial charge on any atom is 0.285 e. The van der Waals surface area contributed by atoms with E-state index in [0.29, 0.717) is 22.4 Å². The number of hydrogen-bond donors (Lipinski definition) is 0. The summed E-state index contributed by atoms with van der Waals surface area (Å²) in [6.45, 7) is 1.89. The molecule has 0 aliphatic rings. The van der Waals surface area contributed by atoms with Gasteiger partial charge in [-0.15, -0.1) is 10.2 Å². The van der Waals surface area contributed by atoms with Gasteiger partial charge in [-0.05, 0) is 42.8 Å². The van der Waals surface area contributed by atoms with Crippen LogP contribution >= 0.6 is 0 Å². The molecule has 0 radical (unpaired) electrons. The van der Waals surface area contributed by atoms with Gasteiger partial charge in [0.25, 0.3) is 5.56 Å². The Hall–Kier alpha value is -4.51. The zero-order chi connectivity index (χ0) is 21.5. The standard InChI is InChI=1S/C23H16N6O2/c1-14-20(15-7-9-17(31-2)10-8-15)22-26-25-21-19(29(22)27-14)11-12-28(23(21)30)18-6-4-3-5-16(18)13-24/h3-12H,1-2H3. The van der Waals surface area contributed by atoms with Crippen LogP contribution in [0.4, 0.5) is 0 Å². The summed E-state index contributed by atoms with van der Waals surface area (Å²) in [7, 11) is 1.62. The first kappa shape index (κ1) is 18.5. The van der Waals surface area contributed by atoms with Gasteiger partial charge in [0.1, 0.15) is 17.3 Å². The smallest absolute Gasteiger partial charge is 0.285 e. The Bertz CT molecular complexity index is 1560. The number of ether oxygens (including phenoxy) is 1. The molecule has 0 aliphatic carbocycles. The molecule has 3 heterocycles. The molecule has 31 heavy (non-hydrogen) atoms. The molecule has 0 N–H and O–H groups in total. The quantitative estimate of drug-likeness (QED) is 0.454. The highest BCUT2D eigenvalue weighted by molar-refractivity contribution is 5.84. The fourth-order valence-corrected chi connectivity index (χ4v) is 3.72. The van der Waals surface area contributed by atoms with Crippen molar-refractivity contribution in [3.63, 3.8) is 0 Å². The van der Waals surface area contributed by atoms with Gasteiger partial charge in [-0.25, -0.2) is 4.52 Å². The lowest BCUT2D eigenvalue weighted by atomic mass is 10.1. The van der Waals surface area contributed by atoms with Crippen LogP contribution in [0.2, 0.25) is 0 Å². The fraction of sp³-hybridized carbons (Fsp3) is 0.0870. The van der Waals surface area contributed by atoms with E-state index in [2.05, 4.69) is 21.4 Å². The number of methoxy groups -OCH3 is 1. The van der Waals surface area contributed by atoms with Crippen LogP contribution in [0.25, 0.3) is 33.5 Å². The molecule has 0 atom stereocenters. The Morgan fingerprint density at radius 3 is 2.55 bits per heavy atom. The van der Waals surface area contributed by atoms with Gasteiger partial charge < -0.3 is 4.74 Å². The number of nitrogens with zero attached hydrogens (tertiary/aromatic N) is 6. The van der Waals surface area contributed by atoms with E-state index in [1.165, 1.54) is 4.57 Å². The van der Waals surface area contributed by atoms with Crippen LogP contribution in [0.15, 0.2) is 65.6 Å². The van der Waals surface area contributed by atoms with Crippen LogP contribution in [0.1, 0.15) is 11.3 Å². The molecule has 8 nitrogen and oxygen atoms in total. The molecule has 0 aliphatic heterocycles. The zero-order valence-corrected chi connectivity index (χ0v) is 16.8. The summed E-state index contributed by atoms with van der Waals surface area (Å²) >= 11 is 0. The van der Waals surface area contributed by atoms with Crippen molar-refractivity contribution in [3.8, 4) is 28.6 Å². The minimum atomic E-state index is -0.367. The van der Waals surface area contributed by atoms with Crippen molar-refractivity contribution in [3.05, 3.63) is 82.4 Å². The summed E-state index contributed by atoms with van der Waals surface area (Å²) in [6.07, 6.45) is 1.63. The molecule has 0 saturated heterocycles. The number of fused-ring (bicyclic) bond motifs is 3. The van der Waals surface area contributed by atoms with Gasteiger partial charge in [-0.1, -0.05) is 24.3 Å². The first-order valence-corrected chi connectivity index (χ1v) is 9.53. The van der Waals surface area contributed by atoms with Gasteiger partial charge in [-0.3, -0.25) is 9.36 Å². The number of pyridine rings is 1. The normalized spacial score (nSPS) is 11.0. The molecule has 2 aromatic carbocycles. The molecule has 0 unspecified atom stereocenters. The summed E-state index contributed by atoms with van der Waals surface area (Å²) in [5.41, 5.74) is 4.35. The largest absolute Gasteiger partial charge is 0.497 e. The van der Waals surface area contributed by atoms with Crippen molar-refractivity contribution in [2.75, 3.05) is 7.11 Å². The molecule has 0 bridgehead atoms. The highest BCUT2D eigenvalue weighted by Gasteiger charge is 2.18. The molecule has 0 spiro atoms. The Kier molecular flexibility index (Phi) is 4.22. The van der Waals surface area contributed by atoms with Gasteiger partial charge in [-0.2, -0.15) is 10.4 Å². The molecule has 0 saturated carbocycles. The van der Waals surface area contributed by atoms with Crippen molar-refractivity contribution in [1.29, 1.82) is 5.26 Å². The number of aryl methyl sites for hydroxylation is 1.